The van der Waals surface area contributed by atoms with Gasteiger partial charge in [0, 0.05) is 18.0 Å². The van der Waals surface area contributed by atoms with Gasteiger partial charge in [-0.25, -0.2) is 13.4 Å². The summed E-state index contributed by atoms with van der Waals surface area (Å²) in [6.07, 6.45) is 1.01. The number of aryl methyl sites for hydroxylation is 1. The number of ether oxygens (including phenoxy) is 1. The molecule has 0 amide bonds. The summed E-state index contributed by atoms with van der Waals surface area (Å²) in [6.45, 7) is 1.44. The highest BCUT2D eigenvalue weighted by Crippen LogP contribution is 2.11. The summed E-state index contributed by atoms with van der Waals surface area (Å²) in [5.74, 6) is 0.0875. The minimum absolute atomic E-state index is 0.0875. The van der Waals surface area contributed by atoms with Gasteiger partial charge in [-0.3, -0.25) is 0 Å². The van der Waals surface area contributed by atoms with Crippen molar-refractivity contribution in [1.82, 2.24) is 9.97 Å². The molecule has 0 aliphatic carbocycles. The van der Waals surface area contributed by atoms with Crippen LogP contribution in [-0.2, 0) is 9.84 Å². The Labute approximate surface area is 87.5 Å². The molecule has 0 atom stereocenters. The first-order valence-electron chi connectivity index (χ1n) is 3.99. The highest BCUT2D eigenvalue weighted by atomic mass is 32.2. The van der Waals surface area contributed by atoms with Gasteiger partial charge in [0.1, 0.15) is 6.07 Å². The molecule has 0 saturated carbocycles. The van der Waals surface area contributed by atoms with Crippen molar-refractivity contribution in [2.24, 2.45) is 0 Å². The second-order valence-corrected chi connectivity index (χ2v) is 4.76. The van der Waals surface area contributed by atoms with Gasteiger partial charge in [-0.2, -0.15) is 10.2 Å². The van der Waals surface area contributed by atoms with Crippen LogP contribution in [0.3, 0.4) is 0 Å². The van der Waals surface area contributed by atoms with E-state index in [0.29, 0.717) is 5.69 Å². The first-order chi connectivity index (χ1) is 6.93. The molecule has 0 radical (unpaired) electrons. The average molecular weight is 227 g/mol. The van der Waals surface area contributed by atoms with Crippen molar-refractivity contribution in [2.45, 2.75) is 12.1 Å². The van der Waals surface area contributed by atoms with Crippen molar-refractivity contribution in [3.8, 4) is 11.9 Å². The maximum absolute atomic E-state index is 11.2. The van der Waals surface area contributed by atoms with Crippen LogP contribution in [0.15, 0.2) is 11.2 Å². The molecule has 1 heterocycles. The third-order valence-electron chi connectivity index (χ3n) is 1.43. The lowest BCUT2D eigenvalue weighted by molar-refractivity contribution is 0.348. The van der Waals surface area contributed by atoms with Crippen molar-refractivity contribution >= 4 is 9.84 Å². The van der Waals surface area contributed by atoms with E-state index in [1.807, 2.05) is 0 Å². The predicted octanol–water partition coefficient (Wildman–Crippen LogP) is 0.0909. The van der Waals surface area contributed by atoms with Gasteiger partial charge in [-0.1, -0.05) is 0 Å². The number of nitrogens with zero attached hydrogens (tertiary/aromatic N) is 3. The Morgan fingerprint density at radius 3 is 2.73 bits per heavy atom. The van der Waals surface area contributed by atoms with Crippen molar-refractivity contribution < 1.29 is 13.2 Å². The molecular formula is C8H9N3O3S. The summed E-state index contributed by atoms with van der Waals surface area (Å²) in [4.78, 5) is 7.42. The molecule has 0 aliphatic heterocycles. The lowest BCUT2D eigenvalue weighted by Crippen LogP contribution is -2.07. The van der Waals surface area contributed by atoms with E-state index in [0.717, 1.165) is 6.26 Å². The van der Waals surface area contributed by atoms with Crippen LogP contribution in [-0.4, -0.2) is 31.2 Å². The molecule has 6 nitrogen and oxygen atoms in total. The van der Waals surface area contributed by atoms with Crippen LogP contribution in [0.2, 0.25) is 0 Å². The summed E-state index contributed by atoms with van der Waals surface area (Å²) in [5.41, 5.74) is 0.471. The third-order valence-corrected chi connectivity index (χ3v) is 2.27. The van der Waals surface area contributed by atoms with E-state index >= 15 is 0 Å². The second-order valence-electron chi connectivity index (χ2n) is 2.85. The van der Waals surface area contributed by atoms with E-state index in [1.165, 1.54) is 6.07 Å². The van der Waals surface area contributed by atoms with E-state index in [4.69, 9.17) is 10.00 Å². The minimum atomic E-state index is -3.46. The van der Waals surface area contributed by atoms with Crippen LogP contribution in [0.1, 0.15) is 5.69 Å². The SMILES string of the molecule is Cc1cc(OCC#N)nc(S(C)(=O)=O)n1. The molecule has 0 saturated heterocycles. The van der Waals surface area contributed by atoms with Crippen molar-refractivity contribution in [3.63, 3.8) is 0 Å². The molecule has 1 rings (SSSR count). The lowest BCUT2D eigenvalue weighted by atomic mass is 10.4. The van der Waals surface area contributed by atoms with Crippen molar-refractivity contribution in [2.75, 3.05) is 12.9 Å². The van der Waals surface area contributed by atoms with E-state index in [-0.39, 0.29) is 17.6 Å². The first kappa shape index (κ1) is 11.4. The zero-order valence-corrected chi connectivity index (χ0v) is 9.08. The molecule has 7 heteroatoms. The molecule has 0 aliphatic rings. The van der Waals surface area contributed by atoms with Gasteiger partial charge in [0.15, 0.2) is 6.61 Å². The van der Waals surface area contributed by atoms with Crippen molar-refractivity contribution in [1.29, 1.82) is 5.26 Å². The smallest absolute Gasteiger partial charge is 0.250 e. The molecular weight excluding hydrogens is 218 g/mol. The van der Waals surface area contributed by atoms with E-state index in [2.05, 4.69) is 9.97 Å². The zero-order valence-electron chi connectivity index (χ0n) is 8.26. The summed E-state index contributed by atoms with van der Waals surface area (Å²) >= 11 is 0. The summed E-state index contributed by atoms with van der Waals surface area (Å²) < 4.78 is 27.2. The fraction of sp³-hybridized carbons (Fsp3) is 0.375. The van der Waals surface area contributed by atoms with Crippen LogP contribution in [0.4, 0.5) is 0 Å². The normalized spacial score (nSPS) is 10.7. The Balaban J connectivity index is 3.13. The summed E-state index contributed by atoms with van der Waals surface area (Å²) in [6, 6.07) is 3.23. The Bertz CT molecular complexity index is 504. The molecule has 0 bridgehead atoms. The maximum atomic E-state index is 11.2. The minimum Gasteiger partial charge on any atom is -0.462 e. The fourth-order valence-corrected chi connectivity index (χ4v) is 1.42. The predicted molar refractivity (Wildman–Crippen MR) is 51.0 cm³/mol. The highest BCUT2D eigenvalue weighted by Gasteiger charge is 2.13. The lowest BCUT2D eigenvalue weighted by Gasteiger charge is -2.03. The molecule has 80 valence electrons. The molecule has 1 aromatic heterocycles. The Morgan fingerprint density at radius 2 is 2.20 bits per heavy atom. The van der Waals surface area contributed by atoms with Gasteiger partial charge in [0.2, 0.25) is 20.9 Å². The standard InChI is InChI=1S/C8H9N3O3S/c1-6-5-7(14-4-3-9)11-8(10-6)15(2,12)13/h5H,4H2,1-2H3. The van der Waals surface area contributed by atoms with Crippen LogP contribution >= 0.6 is 0 Å². The molecule has 0 N–H and O–H groups in total. The van der Waals surface area contributed by atoms with Gasteiger partial charge in [0.25, 0.3) is 0 Å². The highest BCUT2D eigenvalue weighted by molar-refractivity contribution is 7.90. The Morgan fingerprint density at radius 1 is 1.53 bits per heavy atom. The van der Waals surface area contributed by atoms with Gasteiger partial charge in [0.05, 0.1) is 0 Å². The van der Waals surface area contributed by atoms with Crippen LogP contribution < -0.4 is 4.74 Å². The van der Waals surface area contributed by atoms with Gasteiger partial charge < -0.3 is 4.74 Å². The van der Waals surface area contributed by atoms with Gasteiger partial charge in [-0.05, 0) is 6.92 Å². The van der Waals surface area contributed by atoms with Crippen LogP contribution in [0, 0.1) is 18.3 Å². The molecule has 15 heavy (non-hydrogen) atoms. The number of nitriles is 1. The van der Waals surface area contributed by atoms with E-state index in [9.17, 15) is 8.42 Å². The zero-order chi connectivity index (χ0) is 11.5. The molecule has 0 unspecified atom stereocenters. The molecule has 0 aromatic carbocycles. The third kappa shape index (κ3) is 3.18. The molecule has 1 aromatic rings. The second kappa shape index (κ2) is 4.23. The van der Waals surface area contributed by atoms with Gasteiger partial charge in [-0.15, -0.1) is 0 Å². The summed E-state index contributed by atoms with van der Waals surface area (Å²) in [5, 5.41) is 7.99. The van der Waals surface area contributed by atoms with Crippen LogP contribution in [0.25, 0.3) is 0 Å². The number of hydrogen-bond acceptors (Lipinski definition) is 6. The van der Waals surface area contributed by atoms with E-state index < -0.39 is 9.84 Å². The number of rotatable bonds is 3. The monoisotopic (exact) mass is 227 g/mol. The number of sulfone groups is 1. The molecule has 0 spiro atoms. The van der Waals surface area contributed by atoms with Gasteiger partial charge >= 0.3 is 0 Å². The first-order valence-corrected chi connectivity index (χ1v) is 5.88. The van der Waals surface area contributed by atoms with E-state index in [1.54, 1.807) is 13.0 Å². The number of aromatic nitrogens is 2. The number of hydrogen-bond donors (Lipinski definition) is 0. The largest absolute Gasteiger partial charge is 0.462 e. The topological polar surface area (TPSA) is 92.9 Å². The average Bonchev–Trinajstić information content (AvgIpc) is 2.12. The molecule has 0 fully saturated rings. The Hall–Kier alpha value is -1.68. The summed E-state index contributed by atoms with van der Waals surface area (Å²) in [7, 11) is -3.46. The van der Waals surface area contributed by atoms with Crippen molar-refractivity contribution in [3.05, 3.63) is 11.8 Å². The Kier molecular flexibility index (Phi) is 3.21. The van der Waals surface area contributed by atoms with Crippen LogP contribution in [0.5, 0.6) is 5.88 Å². The fourth-order valence-electron chi connectivity index (χ4n) is 0.859. The maximum Gasteiger partial charge on any atom is 0.250 e. The quantitative estimate of drug-likeness (QED) is 0.679.